The van der Waals surface area contributed by atoms with Gasteiger partial charge in [-0.05, 0) is 60.7 Å². The largest absolute Gasteiger partial charge is 0.502 e. The normalized spacial score (nSPS) is 31.7. The Morgan fingerprint density at radius 1 is 0.977 bits per heavy atom. The zero-order chi connectivity index (χ0) is 31.0. The van der Waals surface area contributed by atoms with Crippen molar-refractivity contribution < 1.29 is 43.4 Å². The highest BCUT2D eigenvalue weighted by Gasteiger charge is 2.76. The van der Waals surface area contributed by atoms with Crippen LogP contribution in [0.15, 0.2) is 54.1 Å². The molecule has 0 aromatic heterocycles. The zero-order valence-corrected chi connectivity index (χ0v) is 24.3. The lowest BCUT2D eigenvalue weighted by atomic mass is 9.57. The molecule has 0 spiro atoms. The predicted octanol–water partition coefficient (Wildman–Crippen LogP) is 4.05. The first-order valence-electron chi connectivity index (χ1n) is 13.3. The van der Waals surface area contributed by atoms with Crippen LogP contribution in [0.2, 0.25) is 0 Å². The third-order valence-electron chi connectivity index (χ3n) is 8.91. The fourth-order valence-corrected chi connectivity index (χ4v) is 7.74. The number of rotatable bonds is 5. The minimum absolute atomic E-state index is 0.0602. The van der Waals surface area contributed by atoms with Gasteiger partial charge in [0.25, 0.3) is 23.6 Å². The summed E-state index contributed by atoms with van der Waals surface area (Å²) >= 11 is 14.4. The van der Waals surface area contributed by atoms with Gasteiger partial charge in [0, 0.05) is 5.92 Å². The number of fused-ring (bicyclic) bond motifs is 4. The number of allylic oxidation sites excluding steroid dienone is 3. The lowest BCUT2D eigenvalue weighted by Crippen LogP contribution is -2.60. The molecule has 2 saturated heterocycles. The lowest BCUT2D eigenvalue weighted by Gasteiger charge is -2.49. The van der Waals surface area contributed by atoms with E-state index in [4.69, 9.17) is 32.7 Å². The molecule has 0 bridgehead atoms. The SMILES string of the molecule is COc1cc(C=CC2C3=CCC4C(=O)N(O)C(=O)C4C3CC3(Cl)C(=O)N(c4ccc(F)cc4)C(=O)C23Cl)cc(OC)c1O. The summed E-state index contributed by atoms with van der Waals surface area (Å²) in [5, 5.41) is 20.6. The van der Waals surface area contributed by atoms with Crippen LogP contribution in [-0.4, -0.2) is 63.0 Å². The van der Waals surface area contributed by atoms with E-state index in [0.29, 0.717) is 11.1 Å². The average Bonchev–Trinajstić information content (AvgIpc) is 3.30. The van der Waals surface area contributed by atoms with Crippen LogP contribution in [0.1, 0.15) is 18.4 Å². The van der Waals surface area contributed by atoms with E-state index in [2.05, 4.69) is 0 Å². The third kappa shape index (κ3) is 3.94. The molecule has 2 aromatic carbocycles. The summed E-state index contributed by atoms with van der Waals surface area (Å²) in [6.45, 7) is 0. The van der Waals surface area contributed by atoms with Crippen LogP contribution in [0, 0.1) is 29.5 Å². The number of alkyl halides is 2. The highest BCUT2D eigenvalue weighted by Crippen LogP contribution is 2.63. The number of benzene rings is 2. The van der Waals surface area contributed by atoms with Gasteiger partial charge in [0.2, 0.25) is 5.75 Å². The molecule has 6 unspecified atom stereocenters. The molecule has 4 aliphatic rings. The lowest BCUT2D eigenvalue weighted by molar-refractivity contribution is -0.173. The van der Waals surface area contributed by atoms with Crippen molar-refractivity contribution in [1.29, 1.82) is 0 Å². The van der Waals surface area contributed by atoms with E-state index in [1.54, 1.807) is 18.2 Å². The van der Waals surface area contributed by atoms with Gasteiger partial charge < -0.3 is 14.6 Å². The number of hydroxylamine groups is 2. The van der Waals surface area contributed by atoms with E-state index in [-0.39, 0.29) is 40.8 Å². The Hall–Kier alpha value is -3.93. The maximum absolute atomic E-state index is 14.2. The van der Waals surface area contributed by atoms with Crippen LogP contribution in [0.25, 0.3) is 6.08 Å². The molecule has 3 fully saturated rings. The topological polar surface area (TPSA) is 134 Å². The maximum Gasteiger partial charge on any atom is 0.258 e. The van der Waals surface area contributed by atoms with Gasteiger partial charge in [-0.15, -0.1) is 23.2 Å². The number of hydrogen-bond acceptors (Lipinski definition) is 8. The second-order valence-corrected chi connectivity index (χ2v) is 12.2. The zero-order valence-electron chi connectivity index (χ0n) is 22.8. The summed E-state index contributed by atoms with van der Waals surface area (Å²) in [5.74, 6) is -7.64. The van der Waals surface area contributed by atoms with Crippen molar-refractivity contribution in [3.63, 3.8) is 0 Å². The number of halogens is 3. The van der Waals surface area contributed by atoms with Crippen molar-refractivity contribution in [3.8, 4) is 17.2 Å². The molecule has 4 amide bonds. The van der Waals surface area contributed by atoms with Crippen LogP contribution in [0.4, 0.5) is 10.1 Å². The van der Waals surface area contributed by atoms with Crippen molar-refractivity contribution in [1.82, 2.24) is 5.06 Å². The first-order chi connectivity index (χ1) is 20.4. The number of methoxy groups -OCH3 is 2. The van der Waals surface area contributed by atoms with E-state index in [1.807, 2.05) is 0 Å². The molecular formula is C30H25Cl2FN2O8. The van der Waals surface area contributed by atoms with E-state index in [9.17, 15) is 33.9 Å². The molecule has 224 valence electrons. The van der Waals surface area contributed by atoms with E-state index >= 15 is 0 Å². The number of phenolic OH excluding ortho intramolecular Hbond substituents is 1. The molecule has 2 aliphatic carbocycles. The number of ether oxygens (including phenoxy) is 2. The number of carbonyl (C=O) groups excluding carboxylic acids is 4. The van der Waals surface area contributed by atoms with E-state index < -0.39 is 62.9 Å². The summed E-state index contributed by atoms with van der Waals surface area (Å²) in [5.41, 5.74) is 1.05. The molecule has 1 saturated carbocycles. The molecule has 43 heavy (non-hydrogen) atoms. The fourth-order valence-electron chi connectivity index (χ4n) is 6.85. The van der Waals surface area contributed by atoms with Gasteiger partial charge >= 0.3 is 0 Å². The molecule has 6 rings (SSSR count). The van der Waals surface area contributed by atoms with Gasteiger partial charge in [-0.25, -0.2) is 9.29 Å². The number of anilines is 1. The smallest absolute Gasteiger partial charge is 0.258 e. The number of nitrogens with zero attached hydrogens (tertiary/aromatic N) is 2. The van der Waals surface area contributed by atoms with Gasteiger partial charge in [0.1, 0.15) is 5.82 Å². The summed E-state index contributed by atoms with van der Waals surface area (Å²) in [6, 6.07) is 7.73. The Bertz CT molecular complexity index is 1620. The Balaban J connectivity index is 1.52. The average molecular weight is 631 g/mol. The minimum atomic E-state index is -2.10. The van der Waals surface area contributed by atoms with Crippen molar-refractivity contribution >= 4 is 58.6 Å². The van der Waals surface area contributed by atoms with Crippen molar-refractivity contribution in [3.05, 3.63) is 65.5 Å². The highest BCUT2D eigenvalue weighted by atomic mass is 35.5. The van der Waals surface area contributed by atoms with Crippen LogP contribution in [0.3, 0.4) is 0 Å². The van der Waals surface area contributed by atoms with Gasteiger partial charge in [-0.3, -0.25) is 24.4 Å². The van der Waals surface area contributed by atoms with Crippen molar-refractivity contribution in [2.24, 2.45) is 23.7 Å². The molecule has 6 atom stereocenters. The molecule has 2 heterocycles. The first-order valence-corrected chi connectivity index (χ1v) is 14.1. The van der Waals surface area contributed by atoms with E-state index in [1.165, 1.54) is 38.5 Å². The number of phenols is 1. The van der Waals surface area contributed by atoms with Crippen LogP contribution in [-0.2, 0) is 19.2 Å². The molecule has 2 aromatic rings. The Morgan fingerprint density at radius 2 is 1.60 bits per heavy atom. The minimum Gasteiger partial charge on any atom is -0.502 e. The van der Waals surface area contributed by atoms with Gasteiger partial charge in [0.15, 0.2) is 21.2 Å². The predicted molar refractivity (Wildman–Crippen MR) is 151 cm³/mol. The van der Waals surface area contributed by atoms with Crippen molar-refractivity contribution in [2.75, 3.05) is 19.1 Å². The molecule has 0 radical (unpaired) electrons. The Labute approximate surface area is 254 Å². The summed E-state index contributed by atoms with van der Waals surface area (Å²) < 4.78 is 24.2. The van der Waals surface area contributed by atoms with E-state index in [0.717, 1.165) is 17.0 Å². The van der Waals surface area contributed by atoms with Gasteiger partial charge in [-0.1, -0.05) is 23.8 Å². The quantitative estimate of drug-likeness (QED) is 0.219. The second kappa shape index (κ2) is 10.1. The number of amides is 4. The molecule has 2 aliphatic heterocycles. The Kier molecular flexibility index (Phi) is 6.83. The highest BCUT2D eigenvalue weighted by molar-refractivity contribution is 6.57. The number of imide groups is 2. The van der Waals surface area contributed by atoms with Crippen LogP contribution < -0.4 is 14.4 Å². The van der Waals surface area contributed by atoms with Crippen molar-refractivity contribution in [2.45, 2.75) is 22.6 Å². The fraction of sp³-hybridized carbons (Fsp3) is 0.333. The van der Waals surface area contributed by atoms with Gasteiger partial charge in [0.05, 0.1) is 31.7 Å². The number of aromatic hydroxyl groups is 1. The first kappa shape index (κ1) is 29.2. The summed E-state index contributed by atoms with van der Waals surface area (Å²) in [4.78, 5) is 50.6. The Morgan fingerprint density at radius 3 is 2.21 bits per heavy atom. The summed E-state index contributed by atoms with van der Waals surface area (Å²) in [6.07, 6.45) is 4.69. The number of hydrogen-bond donors (Lipinski definition) is 2. The maximum atomic E-state index is 14.2. The molecular weight excluding hydrogens is 606 g/mol. The summed E-state index contributed by atoms with van der Waals surface area (Å²) in [7, 11) is 2.73. The molecule has 2 N–H and O–H groups in total. The monoisotopic (exact) mass is 630 g/mol. The number of carbonyl (C=O) groups is 4. The third-order valence-corrected chi connectivity index (χ3v) is 10.3. The molecule has 13 heteroatoms. The van der Waals surface area contributed by atoms with Crippen LogP contribution in [0.5, 0.6) is 17.2 Å². The standard InChI is InChI=1S/C30H25Cl2FN2O8/c1-42-21-11-14(12-22(43-2)24(21)36)3-10-20-17-8-9-18-23(26(38)35(41)25(18)37)19(17)13-29(31)27(39)34(28(40)30(20,29)32)16-6-4-15(33)5-7-16/h3-8,10-12,18-20,23,36,41H,9,13H2,1-2H3. The van der Waals surface area contributed by atoms with Crippen LogP contribution >= 0.6 is 23.2 Å². The van der Waals surface area contributed by atoms with Gasteiger partial charge in [-0.2, -0.15) is 5.06 Å². The molecule has 10 nitrogen and oxygen atoms in total. The second-order valence-electron chi connectivity index (χ2n) is 10.9.